The maximum absolute atomic E-state index is 12.1. The number of ether oxygens (including phenoxy) is 6. The fourth-order valence-corrected chi connectivity index (χ4v) is 7.25. The van der Waals surface area contributed by atoms with E-state index >= 15 is 0 Å². The van der Waals surface area contributed by atoms with E-state index < -0.39 is 30.2 Å². The van der Waals surface area contributed by atoms with Crippen molar-refractivity contribution >= 4 is 0 Å². The van der Waals surface area contributed by atoms with Gasteiger partial charge in [-0.15, -0.1) is 0 Å². The maximum atomic E-state index is 12.1. The number of hydrogen-bond acceptors (Lipinski definition) is 7. The summed E-state index contributed by atoms with van der Waals surface area (Å²) in [7, 11) is 1.68. The minimum atomic E-state index is -1.28. The largest absolute Gasteiger partial charge is 0.388 e. The van der Waals surface area contributed by atoms with Crippen LogP contribution in [0.5, 0.6) is 0 Å². The molecule has 7 heteroatoms. The number of hydrogen-bond donors (Lipinski definition) is 1. The van der Waals surface area contributed by atoms with E-state index in [0.717, 1.165) is 41.5 Å². The number of methoxy groups -OCH3 is 1. The van der Waals surface area contributed by atoms with Crippen molar-refractivity contribution in [3.8, 4) is 0 Å². The van der Waals surface area contributed by atoms with Crippen LogP contribution in [0.3, 0.4) is 0 Å². The molecule has 0 saturated carbocycles. The standard InChI is InChI=1S/C47H62O7/c1-3-4-5-6-7-8-21-30-42(51-35-39-24-15-10-16-25-39)33-47(49-2)46(53-37-41-28-19-12-20-29-41)45(52-36-40-26-17-11-18-27-40)44(48)43(54-47)31-32-50-34-38-22-13-9-14-23-38/h9-20,22-29,42-46,48H,3-8,21,30-37H2,1-2H3/t42-,43-,44-,45+,46+,47+/m1/s1. The second-order valence-electron chi connectivity index (χ2n) is 14.5. The monoisotopic (exact) mass is 738 g/mol. The normalized spacial score (nSPS) is 21.9. The highest BCUT2D eigenvalue weighted by atomic mass is 16.7. The lowest BCUT2D eigenvalue weighted by Gasteiger charge is -2.51. The fraction of sp³-hybridized carbons (Fsp3) is 0.489. The van der Waals surface area contributed by atoms with Gasteiger partial charge in [0.05, 0.1) is 38.6 Å². The predicted octanol–water partition coefficient (Wildman–Crippen LogP) is 9.98. The van der Waals surface area contributed by atoms with Crippen molar-refractivity contribution in [2.45, 2.75) is 134 Å². The molecule has 4 aromatic rings. The van der Waals surface area contributed by atoms with E-state index in [-0.39, 0.29) is 6.10 Å². The van der Waals surface area contributed by atoms with E-state index in [1.165, 1.54) is 32.1 Å². The first-order valence-electron chi connectivity index (χ1n) is 20.1. The minimum Gasteiger partial charge on any atom is -0.388 e. The van der Waals surface area contributed by atoms with E-state index in [1.54, 1.807) is 7.11 Å². The molecule has 1 fully saturated rings. The topological polar surface area (TPSA) is 75.6 Å². The number of aliphatic hydroxyl groups excluding tert-OH is 1. The van der Waals surface area contributed by atoms with Crippen LogP contribution in [0.15, 0.2) is 121 Å². The third-order valence-corrected chi connectivity index (χ3v) is 10.3. The first-order chi connectivity index (χ1) is 26.6. The zero-order chi connectivity index (χ0) is 37.7. The predicted molar refractivity (Wildman–Crippen MR) is 214 cm³/mol. The van der Waals surface area contributed by atoms with Gasteiger partial charge in [0.25, 0.3) is 0 Å². The molecule has 0 spiro atoms. The van der Waals surface area contributed by atoms with Gasteiger partial charge in [0.15, 0.2) is 5.79 Å². The maximum Gasteiger partial charge on any atom is 0.200 e. The van der Waals surface area contributed by atoms with E-state index in [0.29, 0.717) is 45.9 Å². The Labute approximate surface area is 323 Å². The molecule has 1 heterocycles. The van der Waals surface area contributed by atoms with Gasteiger partial charge in [0.2, 0.25) is 0 Å². The van der Waals surface area contributed by atoms with Crippen molar-refractivity contribution in [3.63, 3.8) is 0 Å². The molecule has 0 aromatic heterocycles. The summed E-state index contributed by atoms with van der Waals surface area (Å²) >= 11 is 0. The first-order valence-corrected chi connectivity index (χ1v) is 20.1. The Hall–Kier alpha value is -3.40. The summed E-state index contributed by atoms with van der Waals surface area (Å²) in [6, 6.07) is 40.5. The highest BCUT2D eigenvalue weighted by Gasteiger charge is 2.57. The van der Waals surface area contributed by atoms with Crippen LogP contribution in [0.25, 0.3) is 0 Å². The van der Waals surface area contributed by atoms with E-state index in [9.17, 15) is 5.11 Å². The molecule has 0 aliphatic carbocycles. The molecule has 1 N–H and O–H groups in total. The quantitative estimate of drug-likeness (QED) is 0.0679. The van der Waals surface area contributed by atoms with Crippen LogP contribution in [0.2, 0.25) is 0 Å². The molecule has 1 saturated heterocycles. The molecule has 0 amide bonds. The van der Waals surface area contributed by atoms with E-state index in [4.69, 9.17) is 28.4 Å². The SMILES string of the molecule is CCCCCCCCC[C@H](C[C@]1(OC)O[C@H](CCOCc2ccccc2)[C@@H](O)[C@H](OCc2ccccc2)[C@@H]1OCc1ccccc1)OCc1ccccc1. The molecular weight excluding hydrogens is 677 g/mol. The summed E-state index contributed by atoms with van der Waals surface area (Å²) in [6.45, 7) is 4.20. The van der Waals surface area contributed by atoms with Crippen LogP contribution in [-0.2, 0) is 54.8 Å². The molecule has 7 nitrogen and oxygen atoms in total. The minimum absolute atomic E-state index is 0.191. The Kier molecular flexibility index (Phi) is 18.2. The Morgan fingerprint density at radius 1 is 0.630 bits per heavy atom. The fourth-order valence-electron chi connectivity index (χ4n) is 7.25. The van der Waals surface area contributed by atoms with Crippen LogP contribution in [0.1, 0.15) is 93.4 Å². The third-order valence-electron chi connectivity index (χ3n) is 10.3. The van der Waals surface area contributed by atoms with Crippen LogP contribution in [0.4, 0.5) is 0 Å². The van der Waals surface area contributed by atoms with E-state index in [2.05, 4.69) is 19.1 Å². The molecule has 6 atom stereocenters. The van der Waals surface area contributed by atoms with Crippen molar-refractivity contribution in [2.24, 2.45) is 0 Å². The van der Waals surface area contributed by atoms with Gasteiger partial charge in [-0.2, -0.15) is 0 Å². The molecule has 1 aliphatic rings. The zero-order valence-corrected chi connectivity index (χ0v) is 32.4. The molecular formula is C47H62O7. The molecule has 292 valence electrons. The van der Waals surface area contributed by atoms with Crippen molar-refractivity contribution in [1.29, 1.82) is 0 Å². The molecule has 0 radical (unpaired) electrons. The second-order valence-corrected chi connectivity index (χ2v) is 14.5. The Morgan fingerprint density at radius 3 is 1.69 bits per heavy atom. The lowest BCUT2D eigenvalue weighted by molar-refractivity contribution is -0.377. The average molecular weight is 739 g/mol. The lowest BCUT2D eigenvalue weighted by Crippen LogP contribution is -2.67. The molecule has 4 aromatic carbocycles. The first kappa shape index (κ1) is 41.8. The lowest BCUT2D eigenvalue weighted by atomic mass is 9.86. The molecule has 1 aliphatic heterocycles. The van der Waals surface area contributed by atoms with Gasteiger partial charge in [0, 0.05) is 20.1 Å². The van der Waals surface area contributed by atoms with Crippen molar-refractivity contribution < 1.29 is 33.5 Å². The summed E-state index contributed by atoms with van der Waals surface area (Å²) in [5.74, 6) is -1.28. The van der Waals surface area contributed by atoms with Crippen LogP contribution < -0.4 is 0 Å². The summed E-state index contributed by atoms with van der Waals surface area (Å²) in [4.78, 5) is 0. The highest BCUT2D eigenvalue weighted by molar-refractivity contribution is 5.16. The van der Waals surface area contributed by atoms with Crippen molar-refractivity contribution in [3.05, 3.63) is 144 Å². The number of benzene rings is 4. The van der Waals surface area contributed by atoms with Gasteiger partial charge < -0.3 is 33.5 Å². The van der Waals surface area contributed by atoms with Gasteiger partial charge in [0.1, 0.15) is 18.3 Å². The summed E-state index contributed by atoms with van der Waals surface area (Å²) in [5, 5.41) is 12.1. The van der Waals surface area contributed by atoms with Crippen LogP contribution >= 0.6 is 0 Å². The summed E-state index contributed by atoms with van der Waals surface area (Å²) in [6.07, 6.45) is 6.84. The number of unbranched alkanes of at least 4 members (excludes halogenated alkanes) is 6. The zero-order valence-electron chi connectivity index (χ0n) is 32.4. The molecule has 5 rings (SSSR count). The Bertz CT molecular complexity index is 1520. The van der Waals surface area contributed by atoms with Crippen molar-refractivity contribution in [1.82, 2.24) is 0 Å². The molecule has 0 bridgehead atoms. The van der Waals surface area contributed by atoms with Gasteiger partial charge in [-0.05, 0) is 35.1 Å². The van der Waals surface area contributed by atoms with Crippen LogP contribution in [0, 0.1) is 0 Å². The van der Waals surface area contributed by atoms with Gasteiger partial charge in [-0.3, -0.25) is 0 Å². The van der Waals surface area contributed by atoms with Crippen molar-refractivity contribution in [2.75, 3.05) is 13.7 Å². The Balaban J connectivity index is 1.40. The number of aliphatic hydroxyl groups is 1. The smallest absolute Gasteiger partial charge is 0.200 e. The van der Waals surface area contributed by atoms with E-state index in [1.807, 2.05) is 109 Å². The second kappa shape index (κ2) is 23.5. The van der Waals surface area contributed by atoms with Gasteiger partial charge in [-0.25, -0.2) is 0 Å². The summed E-state index contributed by atoms with van der Waals surface area (Å²) < 4.78 is 39.8. The Morgan fingerprint density at radius 2 is 1.13 bits per heavy atom. The molecule has 0 unspecified atom stereocenters. The molecule has 54 heavy (non-hydrogen) atoms. The average Bonchev–Trinajstić information content (AvgIpc) is 3.22. The third kappa shape index (κ3) is 13.4. The number of rotatable bonds is 25. The van der Waals surface area contributed by atoms with Gasteiger partial charge >= 0.3 is 0 Å². The van der Waals surface area contributed by atoms with Gasteiger partial charge in [-0.1, -0.05) is 173 Å². The summed E-state index contributed by atoms with van der Waals surface area (Å²) in [5.41, 5.74) is 4.22. The van der Waals surface area contributed by atoms with Crippen LogP contribution in [-0.4, -0.2) is 55.1 Å². The highest BCUT2D eigenvalue weighted by Crippen LogP contribution is 2.41.